The van der Waals surface area contributed by atoms with Crippen LogP contribution in [-0.4, -0.2) is 75.0 Å². The van der Waals surface area contributed by atoms with Gasteiger partial charge in [0.15, 0.2) is 11.5 Å². The van der Waals surface area contributed by atoms with Crippen LogP contribution in [0.15, 0.2) is 18.2 Å². The van der Waals surface area contributed by atoms with Crippen molar-refractivity contribution in [1.82, 2.24) is 9.80 Å². The number of ether oxygens (including phenoxy) is 3. The molecule has 4 rings (SSSR count). The highest BCUT2D eigenvalue weighted by atomic mass is 16.6. The van der Waals surface area contributed by atoms with E-state index in [4.69, 9.17) is 14.2 Å². The summed E-state index contributed by atoms with van der Waals surface area (Å²) in [5, 5.41) is 2.98. The van der Waals surface area contributed by atoms with Gasteiger partial charge >= 0.3 is 6.03 Å². The summed E-state index contributed by atoms with van der Waals surface area (Å²) in [6.45, 7) is 7.61. The molecule has 0 radical (unpaired) electrons. The fourth-order valence-corrected chi connectivity index (χ4v) is 3.79. The largest absolute Gasteiger partial charge is 0.486 e. The summed E-state index contributed by atoms with van der Waals surface area (Å²) in [5.74, 6) is 2.10. The molecule has 7 heteroatoms. The first-order chi connectivity index (χ1) is 12.8. The molecule has 142 valence electrons. The van der Waals surface area contributed by atoms with E-state index in [1.807, 2.05) is 23.1 Å². The number of carbonyl (C=O) groups excluding carboxylic acids is 1. The van der Waals surface area contributed by atoms with E-state index >= 15 is 0 Å². The van der Waals surface area contributed by atoms with Crippen LogP contribution >= 0.6 is 0 Å². The average Bonchev–Trinajstić information content (AvgIpc) is 2.69. The third-order valence-electron chi connectivity index (χ3n) is 5.32. The van der Waals surface area contributed by atoms with Crippen LogP contribution in [0.3, 0.4) is 0 Å². The van der Waals surface area contributed by atoms with E-state index in [2.05, 4.69) is 10.2 Å². The molecule has 26 heavy (non-hydrogen) atoms. The highest BCUT2D eigenvalue weighted by molar-refractivity contribution is 5.89. The SMILES string of the molecule is O=C(Nc1ccc2c(c1)OCCO2)N1CCC(CN2CCOCC2)CC1. The van der Waals surface area contributed by atoms with Gasteiger partial charge in [-0.25, -0.2) is 4.79 Å². The second-order valence-electron chi connectivity index (χ2n) is 7.13. The Morgan fingerprint density at radius 2 is 1.73 bits per heavy atom. The van der Waals surface area contributed by atoms with Gasteiger partial charge < -0.3 is 24.4 Å². The zero-order valence-corrected chi connectivity index (χ0v) is 15.1. The summed E-state index contributed by atoms with van der Waals surface area (Å²) < 4.78 is 16.5. The molecule has 2 saturated heterocycles. The molecular weight excluding hydrogens is 334 g/mol. The molecule has 1 aromatic carbocycles. The van der Waals surface area contributed by atoms with Crippen molar-refractivity contribution in [3.63, 3.8) is 0 Å². The standard InChI is InChI=1S/C19H27N3O4/c23-19(20-16-1-2-17-18(13-16)26-12-11-25-17)22-5-3-15(4-6-22)14-21-7-9-24-10-8-21/h1-2,13,15H,3-12,14H2,(H,20,23). The fraction of sp³-hybridized carbons (Fsp3) is 0.632. The molecule has 3 heterocycles. The molecule has 0 bridgehead atoms. The van der Waals surface area contributed by atoms with Crippen molar-refractivity contribution in [3.8, 4) is 11.5 Å². The Kier molecular flexibility index (Phi) is 5.45. The first-order valence-electron chi connectivity index (χ1n) is 9.53. The van der Waals surface area contributed by atoms with Crippen molar-refractivity contribution in [3.05, 3.63) is 18.2 Å². The van der Waals surface area contributed by atoms with Crippen molar-refractivity contribution >= 4 is 11.7 Å². The Morgan fingerprint density at radius 3 is 2.50 bits per heavy atom. The Balaban J connectivity index is 1.25. The molecule has 1 N–H and O–H groups in total. The minimum Gasteiger partial charge on any atom is -0.486 e. The van der Waals surface area contributed by atoms with Gasteiger partial charge in [0.05, 0.1) is 13.2 Å². The molecule has 3 aliphatic rings. The number of urea groups is 1. The predicted octanol–water partition coefficient (Wildman–Crippen LogP) is 2.03. The molecule has 0 aliphatic carbocycles. The fourth-order valence-electron chi connectivity index (χ4n) is 3.79. The van der Waals surface area contributed by atoms with E-state index in [-0.39, 0.29) is 6.03 Å². The smallest absolute Gasteiger partial charge is 0.321 e. The molecule has 3 aliphatic heterocycles. The van der Waals surface area contributed by atoms with Crippen LogP contribution in [0.2, 0.25) is 0 Å². The normalized spacial score (nSPS) is 21.5. The summed E-state index contributed by atoms with van der Waals surface area (Å²) in [6, 6.07) is 5.50. The average molecular weight is 361 g/mol. The molecule has 0 spiro atoms. The lowest BCUT2D eigenvalue weighted by molar-refractivity contribution is 0.0260. The van der Waals surface area contributed by atoms with Crippen LogP contribution < -0.4 is 14.8 Å². The zero-order valence-electron chi connectivity index (χ0n) is 15.1. The number of fused-ring (bicyclic) bond motifs is 1. The first-order valence-corrected chi connectivity index (χ1v) is 9.53. The molecule has 7 nitrogen and oxygen atoms in total. The number of nitrogens with zero attached hydrogens (tertiary/aromatic N) is 2. The van der Waals surface area contributed by atoms with Crippen LogP contribution in [0.25, 0.3) is 0 Å². The van der Waals surface area contributed by atoms with Crippen LogP contribution in [0.5, 0.6) is 11.5 Å². The number of anilines is 1. The Morgan fingerprint density at radius 1 is 1.00 bits per heavy atom. The number of amides is 2. The van der Waals surface area contributed by atoms with Crippen molar-refractivity contribution in [2.45, 2.75) is 12.8 Å². The molecule has 1 aromatic rings. The minimum atomic E-state index is -0.0356. The maximum Gasteiger partial charge on any atom is 0.321 e. The van der Waals surface area contributed by atoms with E-state index in [1.165, 1.54) is 0 Å². The lowest BCUT2D eigenvalue weighted by atomic mass is 9.96. The van der Waals surface area contributed by atoms with Crippen LogP contribution in [-0.2, 0) is 4.74 Å². The van der Waals surface area contributed by atoms with E-state index < -0.39 is 0 Å². The quantitative estimate of drug-likeness (QED) is 0.893. The first kappa shape index (κ1) is 17.4. The van der Waals surface area contributed by atoms with Gasteiger partial charge in [0.1, 0.15) is 13.2 Å². The number of piperidine rings is 1. The van der Waals surface area contributed by atoms with Gasteiger partial charge in [-0.05, 0) is 30.9 Å². The maximum atomic E-state index is 12.5. The molecular formula is C19H27N3O4. The predicted molar refractivity (Wildman–Crippen MR) is 98.0 cm³/mol. The molecule has 0 aromatic heterocycles. The highest BCUT2D eigenvalue weighted by Gasteiger charge is 2.25. The van der Waals surface area contributed by atoms with Gasteiger partial charge in [-0.15, -0.1) is 0 Å². The number of carbonyl (C=O) groups is 1. The van der Waals surface area contributed by atoms with E-state index in [0.717, 1.165) is 70.2 Å². The van der Waals surface area contributed by atoms with Crippen LogP contribution in [0, 0.1) is 5.92 Å². The van der Waals surface area contributed by atoms with Gasteiger partial charge in [-0.3, -0.25) is 4.90 Å². The van der Waals surface area contributed by atoms with E-state index in [1.54, 1.807) is 0 Å². The van der Waals surface area contributed by atoms with Gasteiger partial charge in [0.25, 0.3) is 0 Å². The van der Waals surface area contributed by atoms with E-state index in [9.17, 15) is 4.79 Å². The third-order valence-corrected chi connectivity index (χ3v) is 5.32. The van der Waals surface area contributed by atoms with Gasteiger partial charge in [0.2, 0.25) is 0 Å². The summed E-state index contributed by atoms with van der Waals surface area (Å²) in [4.78, 5) is 16.9. The van der Waals surface area contributed by atoms with Crippen molar-refractivity contribution in [1.29, 1.82) is 0 Å². The van der Waals surface area contributed by atoms with Crippen molar-refractivity contribution in [2.24, 2.45) is 5.92 Å². The van der Waals surface area contributed by atoms with Crippen molar-refractivity contribution in [2.75, 3.05) is 64.5 Å². The number of morpholine rings is 1. The van der Waals surface area contributed by atoms with Gasteiger partial charge in [-0.2, -0.15) is 0 Å². The number of hydrogen-bond donors (Lipinski definition) is 1. The molecule has 0 atom stereocenters. The minimum absolute atomic E-state index is 0.0356. The van der Waals surface area contributed by atoms with Gasteiger partial charge in [-0.1, -0.05) is 0 Å². The number of likely N-dealkylation sites (tertiary alicyclic amines) is 1. The van der Waals surface area contributed by atoms with Crippen molar-refractivity contribution < 1.29 is 19.0 Å². The number of hydrogen-bond acceptors (Lipinski definition) is 5. The Hall–Kier alpha value is -1.99. The summed E-state index contributed by atoms with van der Waals surface area (Å²) in [7, 11) is 0. The highest BCUT2D eigenvalue weighted by Crippen LogP contribution is 2.32. The van der Waals surface area contributed by atoms with Crippen LogP contribution in [0.1, 0.15) is 12.8 Å². The number of nitrogens with one attached hydrogen (secondary N) is 1. The van der Waals surface area contributed by atoms with Gasteiger partial charge in [0, 0.05) is 44.5 Å². The lowest BCUT2D eigenvalue weighted by Crippen LogP contribution is -2.45. The summed E-state index contributed by atoms with van der Waals surface area (Å²) in [6.07, 6.45) is 2.12. The molecule has 0 unspecified atom stereocenters. The Labute approximate surface area is 154 Å². The maximum absolute atomic E-state index is 12.5. The summed E-state index contributed by atoms with van der Waals surface area (Å²) in [5.41, 5.74) is 0.745. The second-order valence-corrected chi connectivity index (χ2v) is 7.13. The summed E-state index contributed by atoms with van der Waals surface area (Å²) >= 11 is 0. The zero-order chi connectivity index (χ0) is 17.8. The molecule has 0 saturated carbocycles. The number of benzene rings is 1. The molecule has 2 amide bonds. The Bertz CT molecular complexity index is 625. The topological polar surface area (TPSA) is 63.3 Å². The second kappa shape index (κ2) is 8.14. The number of rotatable bonds is 3. The van der Waals surface area contributed by atoms with Crippen LogP contribution in [0.4, 0.5) is 10.5 Å². The monoisotopic (exact) mass is 361 g/mol. The molecule has 2 fully saturated rings. The van der Waals surface area contributed by atoms with E-state index in [0.29, 0.717) is 24.9 Å². The third kappa shape index (κ3) is 4.22. The lowest BCUT2D eigenvalue weighted by Gasteiger charge is -2.36.